The molecular weight excluding hydrogens is 367 g/mol. The van der Waals surface area contributed by atoms with Crippen LogP contribution >= 0.6 is 11.6 Å². The maximum absolute atomic E-state index is 13.8. The molecule has 3 rings (SSSR count). The Bertz CT molecular complexity index is 914. The zero-order valence-electron chi connectivity index (χ0n) is 13.1. The van der Waals surface area contributed by atoms with E-state index in [1.807, 2.05) is 0 Å². The van der Waals surface area contributed by atoms with Crippen molar-refractivity contribution in [2.24, 2.45) is 5.92 Å². The van der Waals surface area contributed by atoms with Gasteiger partial charge in [-0.3, -0.25) is 4.79 Å². The maximum atomic E-state index is 13.8. The first kappa shape index (κ1) is 17.8. The first-order valence-electron chi connectivity index (χ1n) is 7.70. The molecule has 1 saturated carbocycles. The van der Waals surface area contributed by atoms with Gasteiger partial charge in [0.15, 0.2) is 0 Å². The van der Waals surface area contributed by atoms with E-state index in [2.05, 4.69) is 10.0 Å². The van der Waals surface area contributed by atoms with Crippen molar-refractivity contribution >= 4 is 33.2 Å². The van der Waals surface area contributed by atoms with Crippen LogP contribution in [0.4, 0.5) is 10.1 Å². The fourth-order valence-corrected chi connectivity index (χ4v) is 3.53. The number of hydrogen-bond donors (Lipinski definition) is 2. The Balaban J connectivity index is 1.69. The van der Waals surface area contributed by atoms with Crippen LogP contribution < -0.4 is 10.0 Å². The summed E-state index contributed by atoms with van der Waals surface area (Å²) in [6.07, 6.45) is 1.80. The molecule has 25 heavy (non-hydrogen) atoms. The molecule has 0 aliphatic heterocycles. The van der Waals surface area contributed by atoms with Gasteiger partial charge in [-0.15, -0.1) is 0 Å². The molecule has 8 heteroatoms. The number of carbonyl (C=O) groups excluding carboxylic acids is 1. The number of benzene rings is 2. The maximum Gasteiger partial charge on any atom is 0.243 e. The van der Waals surface area contributed by atoms with Crippen LogP contribution in [0.25, 0.3) is 0 Å². The third-order valence-electron chi connectivity index (χ3n) is 3.79. The van der Waals surface area contributed by atoms with Crippen LogP contribution in [0.3, 0.4) is 0 Å². The summed E-state index contributed by atoms with van der Waals surface area (Å²) in [6.45, 7) is -0.0302. The molecule has 1 amide bonds. The van der Waals surface area contributed by atoms with Crippen LogP contribution in [0, 0.1) is 11.7 Å². The average molecular weight is 383 g/mol. The lowest BCUT2D eigenvalue weighted by Gasteiger charge is -2.10. The highest BCUT2D eigenvalue weighted by Gasteiger charge is 2.29. The molecule has 2 aromatic carbocycles. The van der Waals surface area contributed by atoms with Crippen molar-refractivity contribution in [2.45, 2.75) is 24.3 Å². The van der Waals surface area contributed by atoms with Gasteiger partial charge >= 0.3 is 0 Å². The fraction of sp³-hybridized carbons (Fsp3) is 0.235. The molecular formula is C17H16ClFN2O3S. The van der Waals surface area contributed by atoms with E-state index in [9.17, 15) is 17.6 Å². The van der Waals surface area contributed by atoms with Crippen molar-refractivity contribution in [3.8, 4) is 0 Å². The Morgan fingerprint density at radius 3 is 2.64 bits per heavy atom. The molecule has 0 aromatic heterocycles. The molecule has 0 saturated heterocycles. The Kier molecular flexibility index (Phi) is 5.08. The van der Waals surface area contributed by atoms with Gasteiger partial charge in [0, 0.05) is 23.2 Å². The second kappa shape index (κ2) is 7.11. The number of carbonyl (C=O) groups is 1. The first-order valence-corrected chi connectivity index (χ1v) is 9.56. The smallest absolute Gasteiger partial charge is 0.243 e. The highest BCUT2D eigenvalue weighted by atomic mass is 35.5. The molecule has 0 spiro atoms. The summed E-state index contributed by atoms with van der Waals surface area (Å²) in [5.74, 6) is -0.860. The second-order valence-corrected chi connectivity index (χ2v) is 8.04. The molecule has 1 aliphatic carbocycles. The molecule has 132 valence electrons. The van der Waals surface area contributed by atoms with E-state index in [0.717, 1.165) is 25.0 Å². The monoisotopic (exact) mass is 382 g/mol. The first-order chi connectivity index (χ1) is 11.8. The number of amides is 1. The Hall–Kier alpha value is -1.96. The highest BCUT2D eigenvalue weighted by molar-refractivity contribution is 7.89. The number of sulfonamides is 1. The van der Waals surface area contributed by atoms with Crippen molar-refractivity contribution < 1.29 is 17.6 Å². The van der Waals surface area contributed by atoms with Crippen LogP contribution in [0.5, 0.6) is 0 Å². The van der Waals surface area contributed by atoms with Gasteiger partial charge in [-0.25, -0.2) is 17.5 Å². The van der Waals surface area contributed by atoms with Gasteiger partial charge in [0.2, 0.25) is 15.9 Å². The minimum atomic E-state index is -4.02. The average Bonchev–Trinajstić information content (AvgIpc) is 3.38. The second-order valence-electron chi connectivity index (χ2n) is 5.86. The van der Waals surface area contributed by atoms with Gasteiger partial charge in [-0.1, -0.05) is 23.7 Å². The molecule has 0 unspecified atom stereocenters. The molecule has 0 heterocycles. The normalized spacial score (nSPS) is 14.3. The molecule has 2 aromatic rings. The van der Waals surface area contributed by atoms with Gasteiger partial charge in [0.25, 0.3) is 0 Å². The quantitative estimate of drug-likeness (QED) is 0.804. The summed E-state index contributed by atoms with van der Waals surface area (Å²) < 4.78 is 40.6. The number of anilines is 1. The van der Waals surface area contributed by atoms with Crippen molar-refractivity contribution in [2.75, 3.05) is 5.32 Å². The summed E-state index contributed by atoms with van der Waals surface area (Å²) in [7, 11) is -4.02. The summed E-state index contributed by atoms with van der Waals surface area (Å²) >= 11 is 5.64. The van der Waals surface area contributed by atoms with E-state index in [-0.39, 0.29) is 23.4 Å². The number of hydrogen-bond acceptors (Lipinski definition) is 3. The Morgan fingerprint density at radius 1 is 1.20 bits per heavy atom. The van der Waals surface area contributed by atoms with E-state index in [1.54, 1.807) is 24.3 Å². The minimum Gasteiger partial charge on any atom is -0.326 e. The van der Waals surface area contributed by atoms with Crippen molar-refractivity contribution in [3.63, 3.8) is 0 Å². The topological polar surface area (TPSA) is 75.3 Å². The van der Waals surface area contributed by atoms with Crippen molar-refractivity contribution in [3.05, 3.63) is 58.9 Å². The predicted octanol–water partition coefficient (Wildman–Crippen LogP) is 3.31. The van der Waals surface area contributed by atoms with Gasteiger partial charge in [0.1, 0.15) is 10.7 Å². The summed E-state index contributed by atoms with van der Waals surface area (Å²) in [4.78, 5) is 11.3. The molecule has 2 N–H and O–H groups in total. The lowest BCUT2D eigenvalue weighted by Crippen LogP contribution is -2.24. The lowest BCUT2D eigenvalue weighted by atomic mass is 10.2. The number of rotatable bonds is 6. The lowest BCUT2D eigenvalue weighted by molar-refractivity contribution is -0.117. The standard InChI is InChI=1S/C17H16ClFN2O3S/c18-13-6-7-16(15(19)9-13)25(23,24)20-10-11-2-1-3-14(8-11)21-17(22)12-4-5-12/h1-3,6-9,12,20H,4-5,10H2,(H,21,22). The Labute approximate surface area is 150 Å². The summed E-state index contributed by atoms with van der Waals surface area (Å²) in [5, 5.41) is 2.92. The zero-order chi connectivity index (χ0) is 18.0. The summed E-state index contributed by atoms with van der Waals surface area (Å²) in [5.41, 5.74) is 1.25. The molecule has 1 aliphatic rings. The largest absolute Gasteiger partial charge is 0.326 e. The number of nitrogens with one attached hydrogen (secondary N) is 2. The van der Waals surface area contributed by atoms with E-state index in [0.29, 0.717) is 11.3 Å². The van der Waals surface area contributed by atoms with Crippen LogP contribution in [0.2, 0.25) is 5.02 Å². The van der Waals surface area contributed by atoms with Gasteiger partial charge in [0.05, 0.1) is 0 Å². The third kappa shape index (κ3) is 4.56. The van der Waals surface area contributed by atoms with E-state index in [4.69, 9.17) is 11.6 Å². The van der Waals surface area contributed by atoms with Crippen molar-refractivity contribution in [1.29, 1.82) is 0 Å². The molecule has 1 fully saturated rings. The summed E-state index contributed by atoms with van der Waals surface area (Å²) in [6, 6.07) is 10.2. The Morgan fingerprint density at radius 2 is 1.96 bits per heavy atom. The highest BCUT2D eigenvalue weighted by Crippen LogP contribution is 2.30. The molecule has 0 atom stereocenters. The molecule has 5 nitrogen and oxygen atoms in total. The van der Waals surface area contributed by atoms with Gasteiger partial charge in [-0.05, 0) is 48.7 Å². The SMILES string of the molecule is O=C(Nc1cccc(CNS(=O)(=O)c2ccc(Cl)cc2F)c1)C1CC1. The van der Waals surface area contributed by atoms with Crippen LogP contribution in [-0.2, 0) is 21.4 Å². The van der Waals surface area contributed by atoms with Gasteiger partial charge < -0.3 is 5.32 Å². The zero-order valence-corrected chi connectivity index (χ0v) is 14.7. The van der Waals surface area contributed by atoms with Crippen LogP contribution in [-0.4, -0.2) is 14.3 Å². The fourth-order valence-electron chi connectivity index (χ4n) is 2.30. The van der Waals surface area contributed by atoms with E-state index >= 15 is 0 Å². The number of halogens is 2. The minimum absolute atomic E-state index is 0.0269. The van der Waals surface area contributed by atoms with E-state index < -0.39 is 20.7 Å². The van der Waals surface area contributed by atoms with E-state index in [1.165, 1.54) is 6.07 Å². The molecule has 0 radical (unpaired) electrons. The van der Waals surface area contributed by atoms with Crippen LogP contribution in [0.15, 0.2) is 47.4 Å². The third-order valence-corrected chi connectivity index (χ3v) is 5.46. The molecule has 0 bridgehead atoms. The van der Waals surface area contributed by atoms with Crippen molar-refractivity contribution in [1.82, 2.24) is 4.72 Å². The predicted molar refractivity (Wildman–Crippen MR) is 93.2 cm³/mol. The van der Waals surface area contributed by atoms with Gasteiger partial charge in [-0.2, -0.15) is 0 Å². The van der Waals surface area contributed by atoms with Crippen LogP contribution in [0.1, 0.15) is 18.4 Å².